The van der Waals surface area contributed by atoms with Gasteiger partial charge in [-0.2, -0.15) is 13.2 Å². The number of ether oxygens (including phenoxy) is 3. The number of sulfone groups is 1. The lowest BCUT2D eigenvalue weighted by Crippen LogP contribution is -2.24. The molecular weight excluding hydrogens is 375 g/mol. The van der Waals surface area contributed by atoms with Crippen LogP contribution in [0.4, 0.5) is 18.9 Å². The minimum atomic E-state index is -5.44. The molecule has 0 radical (unpaired) electrons. The molecule has 0 saturated heterocycles. The lowest BCUT2D eigenvalue weighted by molar-refractivity contribution is -0.0435. The zero-order valence-corrected chi connectivity index (χ0v) is 14.1. The third kappa shape index (κ3) is 3.64. The molecule has 0 aromatic heterocycles. The van der Waals surface area contributed by atoms with Crippen LogP contribution < -0.4 is 19.5 Å². The minimum absolute atomic E-state index is 0.0961. The summed E-state index contributed by atoms with van der Waals surface area (Å²) in [5.74, 6) is 1.63. The van der Waals surface area contributed by atoms with Crippen LogP contribution in [0.2, 0.25) is 0 Å². The molecule has 140 valence electrons. The Morgan fingerprint density at radius 2 is 1.81 bits per heavy atom. The minimum Gasteiger partial charge on any atom is -0.492 e. The summed E-state index contributed by atoms with van der Waals surface area (Å²) in [7, 11) is -5.44. The standard InChI is InChI=1S/C16H14F3NO5S/c17-16(18,19)26(21,22)15-4-2-1-3-12(15)20-7-8-23-11-5-6-13-14(9-11)25-10-24-13/h1-6,9,20H,7-8,10H2. The Morgan fingerprint density at radius 3 is 2.58 bits per heavy atom. The second-order valence-electron chi connectivity index (χ2n) is 5.24. The van der Waals surface area contributed by atoms with Crippen molar-refractivity contribution in [2.75, 3.05) is 25.3 Å². The Hall–Kier alpha value is -2.62. The van der Waals surface area contributed by atoms with Gasteiger partial charge in [-0.3, -0.25) is 0 Å². The first kappa shape index (κ1) is 18.2. The number of nitrogens with one attached hydrogen (secondary N) is 1. The van der Waals surface area contributed by atoms with Gasteiger partial charge in [-0.25, -0.2) is 8.42 Å². The van der Waals surface area contributed by atoms with E-state index < -0.39 is 20.2 Å². The van der Waals surface area contributed by atoms with Gasteiger partial charge in [0, 0.05) is 12.6 Å². The van der Waals surface area contributed by atoms with E-state index >= 15 is 0 Å². The highest BCUT2D eigenvalue weighted by molar-refractivity contribution is 7.92. The Balaban J connectivity index is 1.62. The third-order valence-electron chi connectivity index (χ3n) is 3.51. The lowest BCUT2D eigenvalue weighted by atomic mass is 10.3. The van der Waals surface area contributed by atoms with E-state index in [0.717, 1.165) is 6.07 Å². The van der Waals surface area contributed by atoms with Crippen molar-refractivity contribution in [1.29, 1.82) is 0 Å². The highest BCUT2D eigenvalue weighted by atomic mass is 32.2. The van der Waals surface area contributed by atoms with Gasteiger partial charge in [-0.1, -0.05) is 12.1 Å². The van der Waals surface area contributed by atoms with E-state index in [-0.39, 0.29) is 25.6 Å². The van der Waals surface area contributed by atoms with E-state index in [1.807, 2.05) is 0 Å². The molecule has 1 N–H and O–H groups in total. The number of benzene rings is 2. The van der Waals surface area contributed by atoms with E-state index in [1.165, 1.54) is 18.2 Å². The Bertz CT molecular complexity index is 899. The normalized spacial score (nSPS) is 13.5. The summed E-state index contributed by atoms with van der Waals surface area (Å²) in [5.41, 5.74) is -5.51. The van der Waals surface area contributed by atoms with Gasteiger partial charge < -0.3 is 19.5 Å². The number of para-hydroxylation sites is 1. The van der Waals surface area contributed by atoms with Crippen molar-refractivity contribution in [2.24, 2.45) is 0 Å². The maximum Gasteiger partial charge on any atom is 0.501 e. The molecule has 0 saturated carbocycles. The molecule has 0 fully saturated rings. The summed E-state index contributed by atoms with van der Waals surface area (Å²) in [5, 5.41) is 2.65. The van der Waals surface area contributed by atoms with Crippen LogP contribution in [0.3, 0.4) is 0 Å². The molecule has 0 aliphatic carbocycles. The molecule has 2 aromatic rings. The number of hydrogen-bond acceptors (Lipinski definition) is 6. The number of hydrogen-bond donors (Lipinski definition) is 1. The highest BCUT2D eigenvalue weighted by Crippen LogP contribution is 2.35. The topological polar surface area (TPSA) is 73.9 Å². The molecule has 0 spiro atoms. The van der Waals surface area contributed by atoms with Crippen molar-refractivity contribution < 1.29 is 35.8 Å². The van der Waals surface area contributed by atoms with Crippen molar-refractivity contribution in [3.05, 3.63) is 42.5 Å². The number of alkyl halides is 3. The van der Waals surface area contributed by atoms with Gasteiger partial charge in [0.2, 0.25) is 6.79 Å². The molecule has 0 bridgehead atoms. The van der Waals surface area contributed by atoms with E-state index in [0.29, 0.717) is 17.2 Å². The van der Waals surface area contributed by atoms with Crippen LogP contribution in [0.1, 0.15) is 0 Å². The third-order valence-corrected chi connectivity index (χ3v) is 5.06. The first-order valence-corrected chi connectivity index (χ1v) is 8.94. The van der Waals surface area contributed by atoms with Gasteiger partial charge in [-0.15, -0.1) is 0 Å². The van der Waals surface area contributed by atoms with Crippen molar-refractivity contribution in [3.63, 3.8) is 0 Å². The van der Waals surface area contributed by atoms with Crippen LogP contribution in [0.5, 0.6) is 17.2 Å². The molecule has 1 heterocycles. The van der Waals surface area contributed by atoms with E-state index in [1.54, 1.807) is 18.2 Å². The number of anilines is 1. The van der Waals surface area contributed by atoms with Gasteiger partial charge >= 0.3 is 5.51 Å². The molecule has 2 aromatic carbocycles. The molecular formula is C16H14F3NO5S. The fourth-order valence-electron chi connectivity index (χ4n) is 2.29. The van der Waals surface area contributed by atoms with Crippen molar-refractivity contribution in [1.82, 2.24) is 0 Å². The van der Waals surface area contributed by atoms with E-state index in [4.69, 9.17) is 14.2 Å². The second-order valence-corrected chi connectivity index (χ2v) is 7.15. The number of rotatable bonds is 6. The van der Waals surface area contributed by atoms with Crippen LogP contribution in [-0.4, -0.2) is 33.9 Å². The summed E-state index contributed by atoms with van der Waals surface area (Å²) >= 11 is 0. The van der Waals surface area contributed by atoms with Crippen LogP contribution in [0, 0.1) is 0 Å². The predicted octanol–water partition coefficient (Wildman–Crippen LogP) is 3.20. The smallest absolute Gasteiger partial charge is 0.492 e. The Morgan fingerprint density at radius 1 is 1.08 bits per heavy atom. The maximum atomic E-state index is 12.8. The average Bonchev–Trinajstić information content (AvgIpc) is 3.06. The quantitative estimate of drug-likeness (QED) is 0.765. The fourth-order valence-corrected chi connectivity index (χ4v) is 3.23. The summed E-state index contributed by atoms with van der Waals surface area (Å²) in [6.07, 6.45) is 0. The molecule has 1 aliphatic rings. The van der Waals surface area contributed by atoms with E-state index in [2.05, 4.69) is 5.32 Å². The van der Waals surface area contributed by atoms with Gasteiger partial charge in [-0.05, 0) is 24.3 Å². The maximum absolute atomic E-state index is 12.8. The van der Waals surface area contributed by atoms with Crippen LogP contribution >= 0.6 is 0 Å². The molecule has 10 heteroatoms. The SMILES string of the molecule is O=S(=O)(c1ccccc1NCCOc1ccc2c(c1)OCO2)C(F)(F)F. The molecule has 0 amide bonds. The summed E-state index contributed by atoms with van der Waals surface area (Å²) in [6.45, 7) is 0.323. The van der Waals surface area contributed by atoms with Crippen molar-refractivity contribution in [3.8, 4) is 17.2 Å². The lowest BCUT2D eigenvalue weighted by Gasteiger charge is -2.14. The zero-order valence-electron chi connectivity index (χ0n) is 13.2. The fraction of sp³-hybridized carbons (Fsp3) is 0.250. The zero-order chi connectivity index (χ0) is 18.8. The van der Waals surface area contributed by atoms with Crippen LogP contribution in [0.25, 0.3) is 0 Å². The number of halogens is 3. The molecule has 3 rings (SSSR count). The molecule has 0 unspecified atom stereocenters. The first-order valence-electron chi connectivity index (χ1n) is 7.46. The predicted molar refractivity (Wildman–Crippen MR) is 86.2 cm³/mol. The molecule has 6 nitrogen and oxygen atoms in total. The van der Waals surface area contributed by atoms with E-state index in [9.17, 15) is 21.6 Å². The molecule has 26 heavy (non-hydrogen) atoms. The largest absolute Gasteiger partial charge is 0.501 e. The second kappa shape index (κ2) is 6.94. The monoisotopic (exact) mass is 389 g/mol. The van der Waals surface area contributed by atoms with Crippen molar-refractivity contribution >= 4 is 15.5 Å². The van der Waals surface area contributed by atoms with Gasteiger partial charge in [0.25, 0.3) is 9.84 Å². The van der Waals surface area contributed by atoms with Crippen LogP contribution in [0.15, 0.2) is 47.4 Å². The summed E-state index contributed by atoms with van der Waals surface area (Å²) in [6, 6.07) is 9.81. The van der Waals surface area contributed by atoms with Gasteiger partial charge in [0.05, 0.1) is 10.6 Å². The average molecular weight is 389 g/mol. The van der Waals surface area contributed by atoms with Crippen molar-refractivity contribution in [2.45, 2.75) is 10.4 Å². The van der Waals surface area contributed by atoms with Gasteiger partial charge in [0.1, 0.15) is 12.4 Å². The summed E-state index contributed by atoms with van der Waals surface area (Å²) < 4.78 is 77.4. The Labute approximate surface area is 147 Å². The number of fused-ring (bicyclic) bond motifs is 1. The first-order chi connectivity index (χ1) is 12.3. The molecule has 0 atom stereocenters. The molecule has 1 aliphatic heterocycles. The highest BCUT2D eigenvalue weighted by Gasteiger charge is 2.47. The van der Waals surface area contributed by atoms with Crippen LogP contribution in [-0.2, 0) is 9.84 Å². The Kier molecular flexibility index (Phi) is 4.86. The van der Waals surface area contributed by atoms with Gasteiger partial charge in [0.15, 0.2) is 11.5 Å². The summed E-state index contributed by atoms with van der Waals surface area (Å²) in [4.78, 5) is -0.824.